The zero-order chi connectivity index (χ0) is 22.3. The molecule has 0 unspecified atom stereocenters. The van der Waals surface area contributed by atoms with E-state index in [-0.39, 0.29) is 10.6 Å². The summed E-state index contributed by atoms with van der Waals surface area (Å²) in [5.74, 6) is -0.454. The molecule has 1 N–H and O–H groups in total. The highest BCUT2D eigenvalue weighted by Gasteiger charge is 2.27. The van der Waals surface area contributed by atoms with Gasteiger partial charge in [0.25, 0.3) is 10.0 Å². The molecule has 0 aliphatic carbocycles. The van der Waals surface area contributed by atoms with Crippen LogP contribution in [0, 0.1) is 5.82 Å². The SMILES string of the molecule is C=CCOc1ccc(NC(=O)CN(c2ccc(F)cc2)S(=O)(=O)c2ccccc2)cc1. The minimum atomic E-state index is -4.05. The summed E-state index contributed by atoms with van der Waals surface area (Å²) < 4.78 is 46.1. The largest absolute Gasteiger partial charge is 0.490 e. The zero-order valence-electron chi connectivity index (χ0n) is 16.6. The summed E-state index contributed by atoms with van der Waals surface area (Å²) in [6.07, 6.45) is 1.62. The number of carbonyl (C=O) groups is 1. The predicted octanol–water partition coefficient (Wildman–Crippen LogP) is 4.22. The van der Waals surface area contributed by atoms with Crippen molar-refractivity contribution in [2.45, 2.75) is 4.90 Å². The van der Waals surface area contributed by atoms with Gasteiger partial charge in [-0.1, -0.05) is 30.9 Å². The van der Waals surface area contributed by atoms with Crippen LogP contribution in [0.15, 0.2) is 96.4 Å². The van der Waals surface area contributed by atoms with E-state index in [1.165, 1.54) is 24.3 Å². The van der Waals surface area contributed by atoms with E-state index in [9.17, 15) is 17.6 Å². The minimum Gasteiger partial charge on any atom is -0.490 e. The van der Waals surface area contributed by atoms with Crippen LogP contribution in [0.25, 0.3) is 0 Å². The average molecular weight is 440 g/mol. The first-order valence-electron chi connectivity index (χ1n) is 9.37. The normalized spacial score (nSPS) is 10.9. The highest BCUT2D eigenvalue weighted by Crippen LogP contribution is 2.24. The second-order valence-corrected chi connectivity index (χ2v) is 8.34. The van der Waals surface area contributed by atoms with Crippen molar-refractivity contribution in [2.24, 2.45) is 0 Å². The molecule has 0 radical (unpaired) electrons. The molecule has 0 fully saturated rings. The summed E-state index contributed by atoms with van der Waals surface area (Å²) in [7, 11) is -4.05. The Morgan fingerprint density at radius 3 is 2.26 bits per heavy atom. The third-order valence-corrected chi connectivity index (χ3v) is 6.03. The number of sulfonamides is 1. The maximum Gasteiger partial charge on any atom is 0.264 e. The second-order valence-electron chi connectivity index (χ2n) is 6.47. The van der Waals surface area contributed by atoms with E-state index in [1.54, 1.807) is 48.5 Å². The Kier molecular flexibility index (Phi) is 7.04. The van der Waals surface area contributed by atoms with Gasteiger partial charge in [-0.25, -0.2) is 12.8 Å². The number of carbonyl (C=O) groups excluding carboxylic acids is 1. The molecule has 160 valence electrons. The predicted molar refractivity (Wildman–Crippen MR) is 118 cm³/mol. The van der Waals surface area contributed by atoms with Crippen molar-refractivity contribution >= 4 is 27.3 Å². The van der Waals surface area contributed by atoms with Gasteiger partial charge in [-0.3, -0.25) is 9.10 Å². The Hall–Kier alpha value is -3.65. The van der Waals surface area contributed by atoms with Crippen molar-refractivity contribution < 1.29 is 22.3 Å². The van der Waals surface area contributed by atoms with E-state index in [2.05, 4.69) is 11.9 Å². The summed E-state index contributed by atoms with van der Waals surface area (Å²) in [4.78, 5) is 12.7. The molecule has 3 rings (SSSR count). The Morgan fingerprint density at radius 1 is 1.00 bits per heavy atom. The average Bonchev–Trinajstić information content (AvgIpc) is 2.78. The summed E-state index contributed by atoms with van der Waals surface area (Å²) >= 11 is 0. The van der Waals surface area contributed by atoms with Crippen molar-refractivity contribution in [2.75, 3.05) is 22.8 Å². The number of halogens is 1. The van der Waals surface area contributed by atoms with Crippen LogP contribution in [0.4, 0.5) is 15.8 Å². The van der Waals surface area contributed by atoms with E-state index in [0.717, 1.165) is 16.4 Å². The van der Waals surface area contributed by atoms with Crippen LogP contribution < -0.4 is 14.4 Å². The monoisotopic (exact) mass is 440 g/mol. The first-order valence-corrected chi connectivity index (χ1v) is 10.8. The van der Waals surface area contributed by atoms with Gasteiger partial charge in [-0.2, -0.15) is 0 Å². The molecule has 0 aliphatic rings. The molecule has 3 aromatic carbocycles. The molecular weight excluding hydrogens is 419 g/mol. The quantitative estimate of drug-likeness (QED) is 0.506. The topological polar surface area (TPSA) is 75.7 Å². The summed E-state index contributed by atoms with van der Waals surface area (Å²) in [6.45, 7) is 3.44. The maximum absolute atomic E-state index is 13.4. The summed E-state index contributed by atoms with van der Waals surface area (Å²) in [6, 6.07) is 19.3. The van der Waals surface area contributed by atoms with E-state index in [1.807, 2.05) is 0 Å². The molecule has 31 heavy (non-hydrogen) atoms. The van der Waals surface area contributed by atoms with Gasteiger partial charge in [0.05, 0.1) is 10.6 Å². The summed E-state index contributed by atoms with van der Waals surface area (Å²) in [5, 5.41) is 2.67. The van der Waals surface area contributed by atoms with Crippen LogP contribution in [0.2, 0.25) is 0 Å². The lowest BCUT2D eigenvalue weighted by molar-refractivity contribution is -0.114. The smallest absolute Gasteiger partial charge is 0.264 e. The maximum atomic E-state index is 13.4. The fourth-order valence-corrected chi connectivity index (χ4v) is 4.20. The lowest BCUT2D eigenvalue weighted by atomic mass is 10.3. The van der Waals surface area contributed by atoms with E-state index < -0.39 is 28.3 Å². The third kappa shape index (κ3) is 5.70. The fourth-order valence-electron chi connectivity index (χ4n) is 2.76. The first kappa shape index (κ1) is 22.0. The van der Waals surface area contributed by atoms with Crippen LogP contribution in [0.3, 0.4) is 0 Å². The number of nitrogens with one attached hydrogen (secondary N) is 1. The lowest BCUT2D eigenvalue weighted by Crippen LogP contribution is -2.38. The number of benzene rings is 3. The van der Waals surface area contributed by atoms with Gasteiger partial charge >= 0.3 is 0 Å². The third-order valence-electron chi connectivity index (χ3n) is 4.24. The molecule has 6 nitrogen and oxygen atoms in total. The molecule has 3 aromatic rings. The standard InChI is InChI=1S/C23H21FN2O4S/c1-2-16-30-21-14-10-19(11-15-21)25-23(27)17-26(20-12-8-18(24)9-13-20)31(28,29)22-6-4-3-5-7-22/h2-15H,1,16-17H2,(H,25,27). The molecular formula is C23H21FN2O4S. The molecule has 0 saturated heterocycles. The molecule has 0 atom stereocenters. The van der Waals surface area contributed by atoms with Gasteiger partial charge in [-0.05, 0) is 60.7 Å². The Labute approximate surface area is 180 Å². The van der Waals surface area contributed by atoms with Gasteiger partial charge in [-0.15, -0.1) is 0 Å². The summed E-state index contributed by atoms with van der Waals surface area (Å²) in [5.41, 5.74) is 0.653. The highest BCUT2D eigenvalue weighted by molar-refractivity contribution is 7.92. The van der Waals surface area contributed by atoms with E-state index in [0.29, 0.717) is 18.0 Å². The van der Waals surface area contributed by atoms with Gasteiger partial charge in [0.15, 0.2) is 0 Å². The molecule has 0 aliphatic heterocycles. The van der Waals surface area contributed by atoms with Crippen molar-refractivity contribution in [1.29, 1.82) is 0 Å². The van der Waals surface area contributed by atoms with Crippen molar-refractivity contribution in [3.8, 4) is 5.75 Å². The molecule has 0 spiro atoms. The van der Waals surface area contributed by atoms with Gasteiger partial charge in [0, 0.05) is 5.69 Å². The number of hydrogen-bond acceptors (Lipinski definition) is 4. The van der Waals surface area contributed by atoms with Crippen LogP contribution in [-0.2, 0) is 14.8 Å². The van der Waals surface area contributed by atoms with Crippen molar-refractivity contribution in [3.63, 3.8) is 0 Å². The number of amides is 1. The number of hydrogen-bond donors (Lipinski definition) is 1. The molecule has 8 heteroatoms. The van der Waals surface area contributed by atoms with E-state index in [4.69, 9.17) is 4.74 Å². The number of rotatable bonds is 9. The van der Waals surface area contributed by atoms with Crippen molar-refractivity contribution in [3.05, 3.63) is 97.3 Å². The minimum absolute atomic E-state index is 0.0239. The molecule has 0 saturated carbocycles. The molecule has 0 aromatic heterocycles. The Balaban J connectivity index is 1.82. The van der Waals surface area contributed by atoms with Gasteiger partial charge in [0.1, 0.15) is 24.7 Å². The number of ether oxygens (including phenoxy) is 1. The van der Waals surface area contributed by atoms with Crippen LogP contribution in [0.5, 0.6) is 5.75 Å². The van der Waals surface area contributed by atoms with Gasteiger partial charge < -0.3 is 10.1 Å². The number of nitrogens with zero attached hydrogens (tertiary/aromatic N) is 1. The Bertz CT molecular complexity index is 1130. The van der Waals surface area contributed by atoms with E-state index >= 15 is 0 Å². The highest BCUT2D eigenvalue weighted by atomic mass is 32.2. The molecule has 1 amide bonds. The first-order chi connectivity index (χ1) is 14.9. The fraction of sp³-hybridized carbons (Fsp3) is 0.0870. The van der Waals surface area contributed by atoms with Crippen LogP contribution in [-0.4, -0.2) is 27.5 Å². The molecule has 0 heterocycles. The van der Waals surface area contributed by atoms with Crippen LogP contribution in [0.1, 0.15) is 0 Å². The number of anilines is 2. The second kappa shape index (κ2) is 9.90. The van der Waals surface area contributed by atoms with Crippen LogP contribution >= 0.6 is 0 Å². The van der Waals surface area contributed by atoms with Crippen molar-refractivity contribution in [1.82, 2.24) is 0 Å². The zero-order valence-corrected chi connectivity index (χ0v) is 17.4. The Morgan fingerprint density at radius 2 is 1.65 bits per heavy atom. The molecule has 0 bridgehead atoms. The lowest BCUT2D eigenvalue weighted by Gasteiger charge is -2.24. The van der Waals surface area contributed by atoms with Gasteiger partial charge in [0.2, 0.25) is 5.91 Å².